The topological polar surface area (TPSA) is 52.9 Å². The average molecular weight is 168 g/mol. The third-order valence-electron chi connectivity index (χ3n) is 1.70. The number of nitrogens with zero attached hydrogens (tertiary/aromatic N) is 2. The lowest BCUT2D eigenvalue weighted by atomic mass is 10.2. The second-order valence-electron chi connectivity index (χ2n) is 2.76. The molecule has 0 radical (unpaired) electrons. The highest BCUT2D eigenvalue weighted by Crippen LogP contribution is 2.11. The van der Waals surface area contributed by atoms with Gasteiger partial charge in [0.2, 0.25) is 0 Å². The van der Waals surface area contributed by atoms with E-state index in [9.17, 15) is 9.90 Å². The van der Waals surface area contributed by atoms with Crippen LogP contribution in [0.5, 0.6) is 0 Å². The third kappa shape index (κ3) is 1.71. The number of aliphatic hydroxyl groups excluding tert-OH is 1. The van der Waals surface area contributed by atoms with Crippen LogP contribution in [0.3, 0.4) is 0 Å². The zero-order chi connectivity index (χ0) is 9.14. The molecule has 12 heavy (non-hydrogen) atoms. The molecular formula is C8H12N2O2. The standard InChI is InChI=1S/C8H12N2O2/c1-3-4-10-7(11)5-6(2)9-8(10)12/h3,7,11H,1,4-5H2,2H3. The Morgan fingerprint density at radius 2 is 2.58 bits per heavy atom. The molecule has 66 valence electrons. The van der Waals surface area contributed by atoms with Crippen molar-refractivity contribution in [3.05, 3.63) is 12.7 Å². The minimum atomic E-state index is -0.743. The summed E-state index contributed by atoms with van der Waals surface area (Å²) in [6, 6.07) is -0.383. The predicted octanol–water partition coefficient (Wildman–Crippen LogP) is 0.777. The number of aliphatic imine (C=N–C) groups is 1. The van der Waals surface area contributed by atoms with E-state index in [1.165, 1.54) is 4.90 Å². The maximum absolute atomic E-state index is 11.1. The van der Waals surface area contributed by atoms with E-state index in [-0.39, 0.29) is 6.03 Å². The Morgan fingerprint density at radius 3 is 3.08 bits per heavy atom. The van der Waals surface area contributed by atoms with Crippen molar-refractivity contribution in [3.63, 3.8) is 0 Å². The van der Waals surface area contributed by atoms with Crippen molar-refractivity contribution < 1.29 is 9.90 Å². The molecule has 1 heterocycles. The monoisotopic (exact) mass is 168 g/mol. The number of amides is 2. The van der Waals surface area contributed by atoms with Crippen LogP contribution in [0.1, 0.15) is 13.3 Å². The number of rotatable bonds is 2. The largest absolute Gasteiger partial charge is 0.373 e. The lowest BCUT2D eigenvalue weighted by molar-refractivity contribution is 0.0428. The Morgan fingerprint density at radius 1 is 1.92 bits per heavy atom. The number of carbonyl (C=O) groups is 1. The van der Waals surface area contributed by atoms with Gasteiger partial charge in [0.1, 0.15) is 6.23 Å². The van der Waals surface area contributed by atoms with E-state index >= 15 is 0 Å². The molecule has 4 heteroatoms. The molecule has 1 aliphatic rings. The first kappa shape index (κ1) is 8.93. The van der Waals surface area contributed by atoms with Crippen LogP contribution in [0.4, 0.5) is 4.79 Å². The summed E-state index contributed by atoms with van der Waals surface area (Å²) in [5.41, 5.74) is 0.674. The molecule has 1 unspecified atom stereocenters. The quantitative estimate of drug-likeness (QED) is 0.619. The second kappa shape index (κ2) is 3.49. The van der Waals surface area contributed by atoms with Gasteiger partial charge in [-0.15, -0.1) is 6.58 Å². The van der Waals surface area contributed by atoms with E-state index in [0.29, 0.717) is 18.7 Å². The second-order valence-corrected chi connectivity index (χ2v) is 2.76. The van der Waals surface area contributed by atoms with Crippen molar-refractivity contribution in [3.8, 4) is 0 Å². The highest BCUT2D eigenvalue weighted by atomic mass is 16.3. The van der Waals surface area contributed by atoms with Gasteiger partial charge in [0.05, 0.1) is 0 Å². The summed E-state index contributed by atoms with van der Waals surface area (Å²) in [5, 5.41) is 9.42. The zero-order valence-corrected chi connectivity index (χ0v) is 7.03. The molecule has 0 aromatic heterocycles. The summed E-state index contributed by atoms with van der Waals surface area (Å²) in [6.45, 7) is 5.56. The first-order valence-electron chi connectivity index (χ1n) is 3.79. The lowest BCUT2D eigenvalue weighted by Crippen LogP contribution is -2.43. The third-order valence-corrected chi connectivity index (χ3v) is 1.70. The Hall–Kier alpha value is -1.16. The van der Waals surface area contributed by atoms with Gasteiger partial charge < -0.3 is 5.11 Å². The van der Waals surface area contributed by atoms with Gasteiger partial charge in [-0.3, -0.25) is 4.90 Å². The Bertz CT molecular complexity index is 235. The van der Waals surface area contributed by atoms with Crippen LogP contribution in [-0.4, -0.2) is 34.5 Å². The summed E-state index contributed by atoms with van der Waals surface area (Å²) >= 11 is 0. The SMILES string of the molecule is C=CCN1C(=O)N=C(C)CC1O. The zero-order valence-electron chi connectivity index (χ0n) is 7.03. The van der Waals surface area contributed by atoms with Crippen LogP contribution >= 0.6 is 0 Å². The maximum atomic E-state index is 11.1. The lowest BCUT2D eigenvalue weighted by Gasteiger charge is -2.28. The first-order valence-corrected chi connectivity index (χ1v) is 3.79. The predicted molar refractivity (Wildman–Crippen MR) is 46.0 cm³/mol. The average Bonchev–Trinajstić information content (AvgIpc) is 1.96. The maximum Gasteiger partial charge on any atom is 0.345 e. The molecule has 0 aliphatic carbocycles. The van der Waals surface area contributed by atoms with Crippen LogP contribution in [0, 0.1) is 0 Å². The van der Waals surface area contributed by atoms with E-state index in [4.69, 9.17) is 0 Å². The number of hydrogen-bond acceptors (Lipinski definition) is 2. The van der Waals surface area contributed by atoms with Crippen LogP contribution in [0.15, 0.2) is 17.6 Å². The minimum Gasteiger partial charge on any atom is -0.373 e. The summed E-state index contributed by atoms with van der Waals surface area (Å²) < 4.78 is 0. The summed E-state index contributed by atoms with van der Waals surface area (Å²) in [5.74, 6) is 0. The molecule has 0 bridgehead atoms. The molecule has 0 saturated heterocycles. The Balaban J connectivity index is 2.75. The van der Waals surface area contributed by atoms with Crippen LogP contribution in [0.2, 0.25) is 0 Å². The van der Waals surface area contributed by atoms with Crippen LogP contribution in [-0.2, 0) is 0 Å². The van der Waals surface area contributed by atoms with Crippen molar-refractivity contribution in [2.24, 2.45) is 4.99 Å². The van der Waals surface area contributed by atoms with Gasteiger partial charge in [0, 0.05) is 18.7 Å². The fourth-order valence-electron chi connectivity index (χ4n) is 1.11. The molecular weight excluding hydrogens is 156 g/mol. The van der Waals surface area contributed by atoms with Gasteiger partial charge in [-0.25, -0.2) is 9.79 Å². The number of hydrogen-bond donors (Lipinski definition) is 1. The van der Waals surface area contributed by atoms with Gasteiger partial charge in [-0.1, -0.05) is 6.08 Å². The molecule has 0 saturated carbocycles. The van der Waals surface area contributed by atoms with Crippen molar-refractivity contribution in [1.82, 2.24) is 4.90 Å². The molecule has 1 aliphatic heterocycles. The fourth-order valence-corrected chi connectivity index (χ4v) is 1.11. The molecule has 0 aromatic carbocycles. The number of urea groups is 1. The summed E-state index contributed by atoms with van der Waals surface area (Å²) in [7, 11) is 0. The summed E-state index contributed by atoms with van der Waals surface area (Å²) in [6.07, 6.45) is 1.25. The normalized spacial score (nSPS) is 23.8. The fraction of sp³-hybridized carbons (Fsp3) is 0.500. The smallest absolute Gasteiger partial charge is 0.345 e. The molecule has 0 aromatic rings. The van der Waals surface area contributed by atoms with Crippen molar-refractivity contribution in [1.29, 1.82) is 0 Å². The highest BCUT2D eigenvalue weighted by Gasteiger charge is 2.25. The van der Waals surface area contributed by atoms with E-state index in [1.807, 2.05) is 0 Å². The first-order chi connectivity index (χ1) is 5.65. The van der Waals surface area contributed by atoms with Gasteiger partial charge in [-0.05, 0) is 6.92 Å². The minimum absolute atomic E-state index is 0.344. The molecule has 1 atom stereocenters. The molecule has 2 amide bonds. The van der Waals surface area contributed by atoms with Crippen LogP contribution < -0.4 is 0 Å². The highest BCUT2D eigenvalue weighted by molar-refractivity contribution is 5.96. The Labute approximate surface area is 71.2 Å². The number of carbonyl (C=O) groups excluding carboxylic acids is 1. The molecule has 4 nitrogen and oxygen atoms in total. The van der Waals surface area contributed by atoms with E-state index in [1.54, 1.807) is 13.0 Å². The van der Waals surface area contributed by atoms with E-state index < -0.39 is 6.23 Å². The van der Waals surface area contributed by atoms with Crippen molar-refractivity contribution >= 4 is 11.7 Å². The molecule has 1 rings (SSSR count). The van der Waals surface area contributed by atoms with Crippen molar-refractivity contribution in [2.75, 3.05) is 6.54 Å². The van der Waals surface area contributed by atoms with Crippen molar-refractivity contribution in [2.45, 2.75) is 19.6 Å². The van der Waals surface area contributed by atoms with Gasteiger partial charge in [0.25, 0.3) is 0 Å². The molecule has 0 spiro atoms. The van der Waals surface area contributed by atoms with Crippen LogP contribution in [0.25, 0.3) is 0 Å². The number of aliphatic hydroxyl groups is 1. The van der Waals surface area contributed by atoms with Gasteiger partial charge in [-0.2, -0.15) is 0 Å². The summed E-state index contributed by atoms with van der Waals surface area (Å²) in [4.78, 5) is 16.1. The van der Waals surface area contributed by atoms with E-state index in [0.717, 1.165) is 0 Å². The van der Waals surface area contributed by atoms with Gasteiger partial charge >= 0.3 is 6.03 Å². The van der Waals surface area contributed by atoms with Gasteiger partial charge in [0.15, 0.2) is 0 Å². The molecule has 1 N–H and O–H groups in total. The van der Waals surface area contributed by atoms with E-state index in [2.05, 4.69) is 11.6 Å². The molecule has 0 fully saturated rings. The Kier molecular flexibility index (Phi) is 2.60.